The van der Waals surface area contributed by atoms with Crippen molar-refractivity contribution in [3.05, 3.63) is 53.5 Å². The lowest BCUT2D eigenvalue weighted by Crippen LogP contribution is -2.24. The molecule has 0 saturated heterocycles. The van der Waals surface area contributed by atoms with Crippen LogP contribution in [0.2, 0.25) is 0 Å². The predicted octanol–water partition coefficient (Wildman–Crippen LogP) is 3.22. The zero-order chi connectivity index (χ0) is 13.7. The van der Waals surface area contributed by atoms with Crippen LogP contribution in [-0.2, 0) is 0 Å². The maximum absolute atomic E-state index is 5.16. The minimum absolute atomic E-state index is 0.440. The highest BCUT2D eigenvalue weighted by atomic mass is 32.1. The van der Waals surface area contributed by atoms with Crippen LogP contribution in [0, 0.1) is 13.8 Å². The molecule has 1 heterocycles. The molecular formula is C14H15N3OS. The average Bonchev–Trinajstić information content (AvgIpc) is 2.86. The Hall–Kier alpha value is -2.14. The number of furan rings is 1. The van der Waals surface area contributed by atoms with Crippen molar-refractivity contribution in [3.8, 4) is 0 Å². The first kappa shape index (κ1) is 13.3. The third-order valence-electron chi connectivity index (χ3n) is 2.53. The number of thiocarbonyl (C=S) groups is 1. The van der Waals surface area contributed by atoms with Gasteiger partial charge in [-0.25, -0.2) is 0 Å². The molecule has 4 nitrogen and oxygen atoms in total. The number of hydrogen-bond donors (Lipinski definition) is 2. The summed E-state index contributed by atoms with van der Waals surface area (Å²) in [6.07, 6.45) is 3.16. The Morgan fingerprint density at radius 2 is 2.16 bits per heavy atom. The van der Waals surface area contributed by atoms with Crippen LogP contribution in [0.3, 0.4) is 0 Å². The molecule has 0 aliphatic rings. The molecule has 2 rings (SSSR count). The van der Waals surface area contributed by atoms with Crippen molar-refractivity contribution in [1.29, 1.82) is 0 Å². The molecule has 5 heteroatoms. The Morgan fingerprint density at radius 1 is 1.32 bits per heavy atom. The van der Waals surface area contributed by atoms with E-state index < -0.39 is 0 Å². The first-order chi connectivity index (χ1) is 9.15. The van der Waals surface area contributed by atoms with Gasteiger partial charge in [-0.05, 0) is 49.8 Å². The third kappa shape index (κ3) is 3.93. The molecule has 0 bridgehead atoms. The van der Waals surface area contributed by atoms with Gasteiger partial charge in [0.05, 0.1) is 12.5 Å². The molecule has 19 heavy (non-hydrogen) atoms. The van der Waals surface area contributed by atoms with Crippen LogP contribution < -0.4 is 10.7 Å². The highest BCUT2D eigenvalue weighted by molar-refractivity contribution is 7.80. The van der Waals surface area contributed by atoms with Crippen LogP contribution in [0.5, 0.6) is 0 Å². The fourth-order valence-corrected chi connectivity index (χ4v) is 1.79. The van der Waals surface area contributed by atoms with E-state index in [1.54, 1.807) is 18.5 Å². The summed E-state index contributed by atoms with van der Waals surface area (Å²) in [7, 11) is 0. The zero-order valence-corrected chi connectivity index (χ0v) is 11.6. The van der Waals surface area contributed by atoms with Gasteiger partial charge < -0.3 is 9.73 Å². The van der Waals surface area contributed by atoms with E-state index in [1.807, 2.05) is 25.1 Å². The van der Waals surface area contributed by atoms with E-state index in [0.29, 0.717) is 10.9 Å². The van der Waals surface area contributed by atoms with Gasteiger partial charge in [0.15, 0.2) is 5.11 Å². The molecule has 0 aliphatic carbocycles. The first-order valence-electron chi connectivity index (χ1n) is 5.86. The van der Waals surface area contributed by atoms with Crippen molar-refractivity contribution in [2.75, 3.05) is 5.32 Å². The van der Waals surface area contributed by atoms with Gasteiger partial charge in [0.1, 0.15) is 5.76 Å². The summed E-state index contributed by atoms with van der Waals surface area (Å²) in [5, 5.41) is 7.52. The van der Waals surface area contributed by atoms with Crippen LogP contribution in [0.25, 0.3) is 0 Å². The molecule has 1 aromatic heterocycles. The second-order valence-electron chi connectivity index (χ2n) is 4.16. The second kappa shape index (κ2) is 6.15. The van der Waals surface area contributed by atoms with Crippen molar-refractivity contribution >= 4 is 29.2 Å². The number of hydrazone groups is 1. The largest absolute Gasteiger partial charge is 0.463 e. The molecule has 0 unspecified atom stereocenters. The summed E-state index contributed by atoms with van der Waals surface area (Å²) >= 11 is 5.16. The van der Waals surface area contributed by atoms with Gasteiger partial charge in [0, 0.05) is 5.69 Å². The summed E-state index contributed by atoms with van der Waals surface area (Å²) in [4.78, 5) is 0. The van der Waals surface area contributed by atoms with Crippen LogP contribution in [0.4, 0.5) is 5.69 Å². The summed E-state index contributed by atoms with van der Waals surface area (Å²) in [5.74, 6) is 0.668. The van der Waals surface area contributed by atoms with Gasteiger partial charge in [0.2, 0.25) is 0 Å². The highest BCUT2D eigenvalue weighted by Gasteiger charge is 2.00. The Kier molecular flexibility index (Phi) is 4.30. The van der Waals surface area contributed by atoms with Crippen LogP contribution in [0.15, 0.2) is 46.1 Å². The third-order valence-corrected chi connectivity index (χ3v) is 2.72. The lowest BCUT2D eigenvalue weighted by Gasteiger charge is -2.10. The fourth-order valence-electron chi connectivity index (χ4n) is 1.62. The minimum atomic E-state index is 0.440. The van der Waals surface area contributed by atoms with E-state index in [-0.39, 0.29) is 0 Å². The predicted molar refractivity (Wildman–Crippen MR) is 81.6 cm³/mol. The number of hydrogen-bond acceptors (Lipinski definition) is 3. The Balaban J connectivity index is 1.91. The molecule has 2 aromatic rings. The monoisotopic (exact) mass is 273 g/mol. The molecule has 2 N–H and O–H groups in total. The van der Waals surface area contributed by atoms with E-state index >= 15 is 0 Å². The van der Waals surface area contributed by atoms with Gasteiger partial charge >= 0.3 is 0 Å². The SMILES string of the molecule is Cc1ccc(NC(=S)NN=Cc2ccco2)c(C)c1. The Bertz CT molecular complexity index is 591. The summed E-state index contributed by atoms with van der Waals surface area (Å²) in [5.41, 5.74) is 6.07. The second-order valence-corrected chi connectivity index (χ2v) is 4.57. The van der Waals surface area contributed by atoms with E-state index in [4.69, 9.17) is 16.6 Å². The van der Waals surface area contributed by atoms with Crippen LogP contribution in [0.1, 0.15) is 16.9 Å². The van der Waals surface area contributed by atoms with E-state index in [0.717, 1.165) is 11.3 Å². The summed E-state index contributed by atoms with van der Waals surface area (Å²) < 4.78 is 5.11. The van der Waals surface area contributed by atoms with Gasteiger partial charge in [0.25, 0.3) is 0 Å². The summed E-state index contributed by atoms with van der Waals surface area (Å²) in [6.45, 7) is 4.09. The van der Waals surface area contributed by atoms with Crippen LogP contribution >= 0.6 is 12.2 Å². The van der Waals surface area contributed by atoms with Crippen LogP contribution in [-0.4, -0.2) is 11.3 Å². The van der Waals surface area contributed by atoms with Crippen molar-refractivity contribution in [2.45, 2.75) is 13.8 Å². The van der Waals surface area contributed by atoms with E-state index in [2.05, 4.69) is 28.8 Å². The maximum atomic E-state index is 5.16. The molecule has 0 spiro atoms. The fraction of sp³-hybridized carbons (Fsp3) is 0.143. The minimum Gasteiger partial charge on any atom is -0.463 e. The number of benzene rings is 1. The number of anilines is 1. The smallest absolute Gasteiger partial charge is 0.191 e. The van der Waals surface area contributed by atoms with Crippen molar-refractivity contribution in [3.63, 3.8) is 0 Å². The maximum Gasteiger partial charge on any atom is 0.191 e. The quantitative estimate of drug-likeness (QED) is 0.512. The lowest BCUT2D eigenvalue weighted by atomic mass is 10.1. The van der Waals surface area contributed by atoms with Gasteiger partial charge in [-0.2, -0.15) is 5.10 Å². The van der Waals surface area contributed by atoms with Gasteiger partial charge in [-0.1, -0.05) is 17.7 Å². The standard InChI is InChI=1S/C14H15N3OS/c1-10-5-6-13(11(2)8-10)16-14(19)17-15-9-12-4-3-7-18-12/h3-9H,1-2H3,(H2,16,17,19). The highest BCUT2D eigenvalue weighted by Crippen LogP contribution is 2.15. The Morgan fingerprint density at radius 3 is 2.84 bits per heavy atom. The average molecular weight is 273 g/mol. The summed E-state index contributed by atoms with van der Waals surface area (Å²) in [6, 6.07) is 9.73. The molecular weight excluding hydrogens is 258 g/mol. The molecule has 0 fully saturated rings. The normalized spacial score (nSPS) is 10.6. The van der Waals surface area contributed by atoms with Crippen molar-refractivity contribution < 1.29 is 4.42 Å². The van der Waals surface area contributed by atoms with Gasteiger partial charge in [-0.3, -0.25) is 5.43 Å². The van der Waals surface area contributed by atoms with E-state index in [1.165, 1.54) is 5.56 Å². The van der Waals surface area contributed by atoms with Crippen molar-refractivity contribution in [1.82, 2.24) is 5.43 Å². The van der Waals surface area contributed by atoms with E-state index in [9.17, 15) is 0 Å². The molecule has 0 radical (unpaired) electrons. The molecule has 0 saturated carbocycles. The number of aryl methyl sites for hydroxylation is 2. The number of nitrogens with zero attached hydrogens (tertiary/aromatic N) is 1. The molecule has 1 aromatic carbocycles. The topological polar surface area (TPSA) is 49.6 Å². The zero-order valence-electron chi connectivity index (χ0n) is 10.8. The molecule has 0 amide bonds. The van der Waals surface area contributed by atoms with Crippen molar-refractivity contribution in [2.24, 2.45) is 5.10 Å². The molecule has 98 valence electrons. The number of nitrogens with one attached hydrogen (secondary N) is 2. The number of rotatable bonds is 3. The molecule has 0 atom stereocenters. The first-order valence-corrected chi connectivity index (χ1v) is 6.27. The Labute approximate surface area is 117 Å². The molecule has 0 aliphatic heterocycles. The lowest BCUT2D eigenvalue weighted by molar-refractivity contribution is 0.560. The van der Waals surface area contributed by atoms with Gasteiger partial charge in [-0.15, -0.1) is 0 Å².